The molecule has 2 nitrogen and oxygen atoms in total. The molecule has 0 radical (unpaired) electrons. The van der Waals surface area contributed by atoms with E-state index in [9.17, 15) is 4.39 Å². The largest absolute Gasteiger partial charge is 0.369 e. The molecule has 1 aliphatic rings. The Morgan fingerprint density at radius 2 is 2.00 bits per heavy atom. The Hall–Kier alpha value is -0.450. The summed E-state index contributed by atoms with van der Waals surface area (Å²) in [5.74, 6) is -0.121. The molecule has 106 valence electrons. The molecule has 0 spiro atoms. The Morgan fingerprint density at radius 1 is 1.37 bits per heavy atom. The fraction of sp³-hybridized carbons (Fsp3) is 0.600. The zero-order valence-electron chi connectivity index (χ0n) is 11.8. The first-order valence-corrected chi connectivity index (χ1v) is 7.33. The van der Waals surface area contributed by atoms with E-state index in [1.165, 1.54) is 6.07 Å². The first-order valence-electron chi connectivity index (χ1n) is 6.54. The SMILES string of the molecule is CC1(C)CC(C(N)c2cccc(F)c2Br)C(C)(C)O1. The van der Waals surface area contributed by atoms with Gasteiger partial charge in [0.15, 0.2) is 0 Å². The van der Waals surface area contributed by atoms with Gasteiger partial charge in [0.25, 0.3) is 0 Å². The number of benzene rings is 1. The molecule has 1 heterocycles. The van der Waals surface area contributed by atoms with Crippen LogP contribution in [0.4, 0.5) is 4.39 Å². The van der Waals surface area contributed by atoms with Crippen molar-refractivity contribution in [2.24, 2.45) is 11.7 Å². The van der Waals surface area contributed by atoms with Crippen LogP contribution < -0.4 is 5.73 Å². The van der Waals surface area contributed by atoms with Crippen molar-refractivity contribution in [3.05, 3.63) is 34.1 Å². The second-order valence-electron chi connectivity index (χ2n) is 6.44. The van der Waals surface area contributed by atoms with E-state index in [-0.39, 0.29) is 29.0 Å². The molecule has 1 aromatic rings. The molecule has 0 aliphatic carbocycles. The molecular formula is C15H21BrFNO. The Labute approximate surface area is 122 Å². The van der Waals surface area contributed by atoms with E-state index in [0.29, 0.717) is 4.47 Å². The van der Waals surface area contributed by atoms with Crippen molar-refractivity contribution in [2.45, 2.75) is 51.4 Å². The smallest absolute Gasteiger partial charge is 0.137 e. The van der Waals surface area contributed by atoms with Gasteiger partial charge in [-0.1, -0.05) is 12.1 Å². The molecular weight excluding hydrogens is 309 g/mol. The molecule has 1 aromatic carbocycles. The highest BCUT2D eigenvalue weighted by molar-refractivity contribution is 9.10. The van der Waals surface area contributed by atoms with Crippen molar-refractivity contribution in [3.63, 3.8) is 0 Å². The van der Waals surface area contributed by atoms with Gasteiger partial charge in [0, 0.05) is 12.0 Å². The van der Waals surface area contributed by atoms with Gasteiger partial charge in [-0.15, -0.1) is 0 Å². The summed E-state index contributed by atoms with van der Waals surface area (Å²) < 4.78 is 20.2. The van der Waals surface area contributed by atoms with Crippen LogP contribution in [0.1, 0.15) is 45.7 Å². The van der Waals surface area contributed by atoms with Crippen LogP contribution in [0, 0.1) is 11.7 Å². The number of halogens is 2. The summed E-state index contributed by atoms with van der Waals surface area (Å²) in [5.41, 5.74) is 6.70. The van der Waals surface area contributed by atoms with Crippen LogP contribution in [0.2, 0.25) is 0 Å². The van der Waals surface area contributed by atoms with Gasteiger partial charge in [0.2, 0.25) is 0 Å². The molecule has 0 amide bonds. The number of rotatable bonds is 2. The third-order valence-electron chi connectivity index (χ3n) is 3.92. The maximum absolute atomic E-state index is 13.6. The quantitative estimate of drug-likeness (QED) is 0.883. The summed E-state index contributed by atoms with van der Waals surface area (Å²) in [6.45, 7) is 8.25. The Morgan fingerprint density at radius 3 is 2.53 bits per heavy atom. The molecule has 1 saturated heterocycles. The van der Waals surface area contributed by atoms with E-state index in [0.717, 1.165) is 12.0 Å². The van der Waals surface area contributed by atoms with Gasteiger partial charge in [0.1, 0.15) is 5.82 Å². The van der Waals surface area contributed by atoms with Crippen molar-refractivity contribution in [1.82, 2.24) is 0 Å². The maximum Gasteiger partial charge on any atom is 0.137 e. The van der Waals surface area contributed by atoms with Gasteiger partial charge >= 0.3 is 0 Å². The summed E-state index contributed by atoms with van der Waals surface area (Å²) in [5, 5.41) is 0. The van der Waals surface area contributed by atoms with Crippen molar-refractivity contribution in [1.29, 1.82) is 0 Å². The molecule has 1 aliphatic heterocycles. The van der Waals surface area contributed by atoms with E-state index < -0.39 is 0 Å². The standard InChI is InChI=1S/C15H21BrFNO/c1-14(2)8-10(15(3,4)19-14)13(18)9-6-5-7-11(17)12(9)16/h5-7,10,13H,8,18H2,1-4H3. The minimum Gasteiger partial charge on any atom is -0.369 e. The second kappa shape index (κ2) is 4.83. The van der Waals surface area contributed by atoms with E-state index in [1.807, 2.05) is 6.07 Å². The van der Waals surface area contributed by atoms with Gasteiger partial charge in [-0.3, -0.25) is 0 Å². The van der Waals surface area contributed by atoms with Gasteiger partial charge in [-0.2, -0.15) is 0 Å². The molecule has 4 heteroatoms. The third-order valence-corrected chi connectivity index (χ3v) is 4.75. The molecule has 0 aromatic heterocycles. The molecule has 1 fully saturated rings. The maximum atomic E-state index is 13.6. The minimum absolute atomic E-state index is 0.153. The fourth-order valence-electron chi connectivity index (χ4n) is 3.16. The Bertz CT molecular complexity index is 487. The predicted molar refractivity (Wildman–Crippen MR) is 78.4 cm³/mol. The minimum atomic E-state index is -0.311. The number of ether oxygens (including phenoxy) is 1. The third kappa shape index (κ3) is 2.86. The molecule has 2 N–H and O–H groups in total. The van der Waals surface area contributed by atoms with Crippen LogP contribution >= 0.6 is 15.9 Å². The monoisotopic (exact) mass is 329 g/mol. The summed E-state index contributed by atoms with van der Waals surface area (Å²) in [6.07, 6.45) is 0.865. The fourth-order valence-corrected chi connectivity index (χ4v) is 3.69. The zero-order chi connectivity index (χ0) is 14.4. The van der Waals surface area contributed by atoms with Crippen molar-refractivity contribution < 1.29 is 9.13 Å². The lowest BCUT2D eigenvalue weighted by atomic mass is 9.79. The van der Waals surface area contributed by atoms with E-state index in [1.54, 1.807) is 6.07 Å². The van der Waals surface area contributed by atoms with Crippen LogP contribution in [-0.4, -0.2) is 11.2 Å². The van der Waals surface area contributed by atoms with Gasteiger partial charge in [-0.25, -0.2) is 4.39 Å². The predicted octanol–water partition coefficient (Wildman–Crippen LogP) is 4.18. The first kappa shape index (κ1) is 14.9. The number of hydrogen-bond acceptors (Lipinski definition) is 2. The van der Waals surface area contributed by atoms with E-state index in [2.05, 4.69) is 43.6 Å². The van der Waals surface area contributed by atoms with Gasteiger partial charge in [-0.05, 0) is 61.7 Å². The molecule has 0 saturated carbocycles. The molecule has 0 bridgehead atoms. The summed E-state index contributed by atoms with van der Waals surface area (Å²) in [4.78, 5) is 0. The lowest BCUT2D eigenvalue weighted by Gasteiger charge is -2.31. The van der Waals surface area contributed by atoms with E-state index in [4.69, 9.17) is 10.5 Å². The molecule has 2 unspecified atom stereocenters. The Kier molecular flexibility index (Phi) is 3.80. The van der Waals surface area contributed by atoms with Gasteiger partial charge < -0.3 is 10.5 Å². The van der Waals surface area contributed by atoms with Crippen LogP contribution in [-0.2, 0) is 4.74 Å². The van der Waals surface area contributed by atoms with Crippen LogP contribution in [0.25, 0.3) is 0 Å². The lowest BCUT2D eigenvalue weighted by molar-refractivity contribution is -0.0767. The summed E-state index contributed by atoms with van der Waals surface area (Å²) >= 11 is 3.30. The van der Waals surface area contributed by atoms with Crippen molar-refractivity contribution >= 4 is 15.9 Å². The number of hydrogen-bond donors (Lipinski definition) is 1. The number of nitrogens with two attached hydrogens (primary N) is 1. The second-order valence-corrected chi connectivity index (χ2v) is 7.24. The van der Waals surface area contributed by atoms with Crippen molar-refractivity contribution in [2.75, 3.05) is 0 Å². The van der Waals surface area contributed by atoms with Crippen LogP contribution in [0.15, 0.2) is 22.7 Å². The highest BCUT2D eigenvalue weighted by atomic mass is 79.9. The average molecular weight is 330 g/mol. The van der Waals surface area contributed by atoms with Crippen LogP contribution in [0.5, 0.6) is 0 Å². The van der Waals surface area contributed by atoms with Crippen molar-refractivity contribution in [3.8, 4) is 0 Å². The lowest BCUT2D eigenvalue weighted by Crippen LogP contribution is -2.36. The topological polar surface area (TPSA) is 35.2 Å². The first-order chi connectivity index (χ1) is 8.64. The highest BCUT2D eigenvalue weighted by Gasteiger charge is 2.48. The summed E-state index contributed by atoms with van der Waals surface area (Å²) in [6, 6.07) is 4.75. The molecule has 2 rings (SSSR count). The zero-order valence-corrected chi connectivity index (χ0v) is 13.4. The highest BCUT2D eigenvalue weighted by Crippen LogP contribution is 2.47. The average Bonchev–Trinajstić information content (AvgIpc) is 2.50. The molecule has 2 atom stereocenters. The van der Waals surface area contributed by atoms with Gasteiger partial charge in [0.05, 0.1) is 15.7 Å². The summed E-state index contributed by atoms with van der Waals surface area (Å²) in [7, 11) is 0. The molecule has 19 heavy (non-hydrogen) atoms. The Balaban J connectivity index is 2.34. The normalized spacial score (nSPS) is 26.4. The van der Waals surface area contributed by atoms with E-state index >= 15 is 0 Å². The van der Waals surface area contributed by atoms with Crippen LogP contribution in [0.3, 0.4) is 0 Å².